The van der Waals surface area contributed by atoms with Crippen molar-refractivity contribution in [3.8, 4) is 5.82 Å². The molecule has 1 atom stereocenters. The first-order chi connectivity index (χ1) is 14.2. The van der Waals surface area contributed by atoms with E-state index in [9.17, 15) is 4.39 Å². The van der Waals surface area contributed by atoms with Crippen molar-refractivity contribution in [1.82, 2.24) is 14.5 Å². The van der Waals surface area contributed by atoms with Gasteiger partial charge in [-0.25, -0.2) is 9.37 Å². The van der Waals surface area contributed by atoms with Crippen molar-refractivity contribution in [2.24, 2.45) is 0 Å². The van der Waals surface area contributed by atoms with E-state index >= 15 is 0 Å². The number of aromatic nitrogens is 3. The maximum atomic E-state index is 14.5. The summed E-state index contributed by atoms with van der Waals surface area (Å²) in [5.41, 5.74) is 3.00. The predicted octanol–water partition coefficient (Wildman–Crippen LogP) is 6.35. The van der Waals surface area contributed by atoms with E-state index in [1.807, 2.05) is 54.9 Å². The van der Waals surface area contributed by atoms with Crippen LogP contribution < -0.4 is 5.32 Å². The van der Waals surface area contributed by atoms with Gasteiger partial charge >= 0.3 is 0 Å². The molecule has 0 saturated heterocycles. The van der Waals surface area contributed by atoms with Gasteiger partial charge in [-0.3, -0.25) is 0 Å². The second-order valence-corrected chi connectivity index (χ2v) is 7.10. The molecule has 0 aliphatic heterocycles. The van der Waals surface area contributed by atoms with Gasteiger partial charge in [0, 0.05) is 18.3 Å². The van der Waals surface area contributed by atoms with Crippen LogP contribution in [0.15, 0.2) is 79.3 Å². The number of anilines is 2. The summed E-state index contributed by atoms with van der Waals surface area (Å²) in [5.74, 6) is 0.205. The number of halogens is 2. The third kappa shape index (κ3) is 4.15. The first-order valence-corrected chi connectivity index (χ1v) is 9.81. The molecule has 1 N–H and O–H groups in total. The molecule has 0 aliphatic rings. The van der Waals surface area contributed by atoms with Gasteiger partial charge in [-0.15, -0.1) is 0 Å². The lowest BCUT2D eigenvalue weighted by Crippen LogP contribution is -2.05. The van der Waals surface area contributed by atoms with Gasteiger partial charge in [0.1, 0.15) is 0 Å². The molecule has 0 fully saturated rings. The largest absolute Gasteiger partial charge is 0.323 e. The fourth-order valence-electron chi connectivity index (χ4n) is 3.38. The quantitative estimate of drug-likeness (QED) is 0.406. The van der Waals surface area contributed by atoms with Crippen LogP contribution in [0.25, 0.3) is 5.82 Å². The normalized spacial score (nSPS) is 12.0. The number of benzene rings is 2. The van der Waals surface area contributed by atoms with Crippen molar-refractivity contribution in [3.63, 3.8) is 0 Å². The van der Waals surface area contributed by atoms with E-state index in [0.717, 1.165) is 18.2 Å². The molecule has 0 spiro atoms. The molecule has 2 aromatic heterocycles. The van der Waals surface area contributed by atoms with Gasteiger partial charge in [-0.1, -0.05) is 61.0 Å². The molecule has 0 amide bonds. The summed E-state index contributed by atoms with van der Waals surface area (Å²) in [6.07, 6.45) is 5.85. The molecule has 29 heavy (non-hydrogen) atoms. The molecule has 0 radical (unpaired) electrons. The summed E-state index contributed by atoms with van der Waals surface area (Å²) >= 11 is 6.18. The van der Waals surface area contributed by atoms with Crippen molar-refractivity contribution in [1.29, 1.82) is 0 Å². The minimum absolute atomic E-state index is 0.184. The molecular weight excluding hydrogens is 387 g/mol. The van der Waals surface area contributed by atoms with Crippen molar-refractivity contribution in [2.75, 3.05) is 5.32 Å². The highest BCUT2D eigenvalue weighted by Crippen LogP contribution is 2.29. The predicted molar refractivity (Wildman–Crippen MR) is 115 cm³/mol. The van der Waals surface area contributed by atoms with Crippen molar-refractivity contribution >= 4 is 23.2 Å². The number of nitrogens with one attached hydrogen (secondary N) is 1. The molecule has 146 valence electrons. The van der Waals surface area contributed by atoms with Gasteiger partial charge in [0.05, 0.1) is 16.9 Å². The SMILES string of the molecule is CCC(c1ccccc1)c1ccn(-c2nc(Nc3ccccc3Cl)ncc2F)c1. The Labute approximate surface area is 174 Å². The summed E-state index contributed by atoms with van der Waals surface area (Å²) in [5, 5.41) is 3.58. The van der Waals surface area contributed by atoms with Crippen LogP contribution in [0.5, 0.6) is 0 Å². The molecule has 2 aromatic carbocycles. The second-order valence-electron chi connectivity index (χ2n) is 6.69. The topological polar surface area (TPSA) is 42.7 Å². The number of hydrogen-bond donors (Lipinski definition) is 1. The van der Waals surface area contributed by atoms with E-state index in [1.165, 1.54) is 5.56 Å². The molecule has 4 nitrogen and oxygen atoms in total. The fraction of sp³-hybridized carbons (Fsp3) is 0.130. The lowest BCUT2D eigenvalue weighted by atomic mass is 9.91. The standard InChI is InChI=1S/C23H20ClFN4/c1-2-18(16-8-4-3-5-9-16)17-12-13-29(15-17)22-20(25)14-26-23(28-22)27-21-11-7-6-10-19(21)24/h3-15,18H,2H2,1H3,(H,26,27,28). The Bertz CT molecular complexity index is 1110. The average Bonchev–Trinajstić information content (AvgIpc) is 3.22. The zero-order chi connectivity index (χ0) is 20.2. The van der Waals surface area contributed by atoms with Gasteiger partial charge < -0.3 is 9.88 Å². The molecule has 1 unspecified atom stereocenters. The van der Waals surface area contributed by atoms with E-state index < -0.39 is 5.82 Å². The minimum Gasteiger partial charge on any atom is -0.323 e. The molecule has 0 bridgehead atoms. The third-order valence-corrected chi connectivity index (χ3v) is 5.15. The Hall–Kier alpha value is -3.18. The minimum atomic E-state index is -0.496. The zero-order valence-electron chi connectivity index (χ0n) is 15.9. The summed E-state index contributed by atoms with van der Waals surface area (Å²) in [6.45, 7) is 2.14. The smallest absolute Gasteiger partial charge is 0.229 e. The van der Waals surface area contributed by atoms with E-state index in [2.05, 4.69) is 34.3 Å². The van der Waals surface area contributed by atoms with Crippen molar-refractivity contribution < 1.29 is 4.39 Å². The van der Waals surface area contributed by atoms with Crippen LogP contribution in [0.1, 0.15) is 30.4 Å². The Kier molecular flexibility index (Phi) is 5.58. The maximum absolute atomic E-state index is 14.5. The maximum Gasteiger partial charge on any atom is 0.229 e. The van der Waals surface area contributed by atoms with Gasteiger partial charge in [0.2, 0.25) is 5.95 Å². The average molecular weight is 407 g/mol. The zero-order valence-corrected chi connectivity index (χ0v) is 16.6. The van der Waals surface area contributed by atoms with Crippen LogP contribution in [0.4, 0.5) is 16.0 Å². The monoisotopic (exact) mass is 406 g/mol. The molecule has 0 saturated carbocycles. The van der Waals surface area contributed by atoms with Crippen molar-refractivity contribution in [2.45, 2.75) is 19.3 Å². The van der Waals surface area contributed by atoms with Crippen LogP contribution in [-0.4, -0.2) is 14.5 Å². The Morgan fingerprint density at radius 3 is 2.55 bits per heavy atom. The first kappa shape index (κ1) is 19.2. The molecular formula is C23H20ClFN4. The lowest BCUT2D eigenvalue weighted by molar-refractivity contribution is 0.602. The highest BCUT2D eigenvalue weighted by molar-refractivity contribution is 6.33. The second kappa shape index (κ2) is 8.45. The van der Waals surface area contributed by atoms with Gasteiger partial charge in [0.25, 0.3) is 0 Å². The van der Waals surface area contributed by atoms with Gasteiger partial charge in [0.15, 0.2) is 11.6 Å². The fourth-order valence-corrected chi connectivity index (χ4v) is 3.57. The number of hydrogen-bond acceptors (Lipinski definition) is 3. The Balaban J connectivity index is 1.64. The lowest BCUT2D eigenvalue weighted by Gasteiger charge is -2.14. The Morgan fingerprint density at radius 1 is 1.03 bits per heavy atom. The molecule has 4 aromatic rings. The summed E-state index contributed by atoms with van der Waals surface area (Å²) in [7, 11) is 0. The van der Waals surface area contributed by atoms with E-state index in [-0.39, 0.29) is 17.7 Å². The van der Waals surface area contributed by atoms with E-state index in [0.29, 0.717) is 10.7 Å². The highest BCUT2D eigenvalue weighted by Gasteiger charge is 2.16. The Morgan fingerprint density at radius 2 is 1.79 bits per heavy atom. The number of rotatable bonds is 6. The summed E-state index contributed by atoms with van der Waals surface area (Å²) < 4.78 is 16.2. The van der Waals surface area contributed by atoms with E-state index in [4.69, 9.17) is 11.6 Å². The molecule has 2 heterocycles. The third-order valence-electron chi connectivity index (χ3n) is 4.82. The molecule has 0 aliphatic carbocycles. The van der Waals surface area contributed by atoms with E-state index in [1.54, 1.807) is 10.6 Å². The molecule has 6 heteroatoms. The first-order valence-electron chi connectivity index (χ1n) is 9.43. The summed E-state index contributed by atoms with van der Waals surface area (Å²) in [6, 6.07) is 19.6. The van der Waals surface area contributed by atoms with Crippen LogP contribution in [0.3, 0.4) is 0 Å². The van der Waals surface area contributed by atoms with Gasteiger partial charge in [-0.2, -0.15) is 4.98 Å². The van der Waals surface area contributed by atoms with Crippen molar-refractivity contribution in [3.05, 3.63) is 101 Å². The highest BCUT2D eigenvalue weighted by atomic mass is 35.5. The van der Waals surface area contributed by atoms with Gasteiger partial charge in [-0.05, 0) is 35.7 Å². The van der Waals surface area contributed by atoms with Crippen LogP contribution in [0.2, 0.25) is 5.02 Å². The molecule has 4 rings (SSSR count). The van der Waals surface area contributed by atoms with Crippen LogP contribution in [-0.2, 0) is 0 Å². The number of para-hydroxylation sites is 1. The van der Waals surface area contributed by atoms with Crippen LogP contribution in [0, 0.1) is 5.82 Å². The summed E-state index contributed by atoms with van der Waals surface area (Å²) in [4.78, 5) is 8.39. The van der Waals surface area contributed by atoms with Crippen LogP contribution >= 0.6 is 11.6 Å². The number of nitrogens with zero attached hydrogens (tertiary/aromatic N) is 3.